The highest BCUT2D eigenvalue weighted by atomic mass is 16.5. The Bertz CT molecular complexity index is 316. The number of carbonyl (C=O) groups is 3. The van der Waals surface area contributed by atoms with Crippen molar-refractivity contribution in [3.05, 3.63) is 0 Å². The highest BCUT2D eigenvalue weighted by molar-refractivity contribution is 6.05. The lowest BCUT2D eigenvalue weighted by Crippen LogP contribution is -2.38. The summed E-state index contributed by atoms with van der Waals surface area (Å²) in [5, 5.41) is 11.1. The van der Waals surface area contributed by atoms with E-state index in [1.54, 1.807) is 0 Å². The summed E-state index contributed by atoms with van der Waals surface area (Å²) in [6.07, 6.45) is 2.73. The van der Waals surface area contributed by atoms with Crippen molar-refractivity contribution >= 4 is 17.7 Å². The lowest BCUT2D eigenvalue weighted by atomic mass is 10.1. The van der Waals surface area contributed by atoms with Gasteiger partial charge in [0.25, 0.3) is 5.91 Å². The average Bonchev–Trinajstić information content (AvgIpc) is 2.73. The molecule has 1 aliphatic rings. The van der Waals surface area contributed by atoms with Gasteiger partial charge in [0.15, 0.2) is 11.9 Å². The molecule has 0 aromatic rings. The minimum atomic E-state index is -0.919. The van der Waals surface area contributed by atoms with Gasteiger partial charge in [-0.2, -0.15) is 0 Å². The number of ether oxygens (including phenoxy) is 1. The zero-order chi connectivity index (χ0) is 13.4. The minimum absolute atomic E-state index is 0.158. The summed E-state index contributed by atoms with van der Waals surface area (Å²) in [7, 11) is 0. The molecule has 6 heteroatoms. The number of amides is 1. The van der Waals surface area contributed by atoms with Crippen molar-refractivity contribution in [2.45, 2.75) is 44.6 Å². The number of nitrogens with one attached hydrogen (secondary N) is 1. The Hall–Kier alpha value is -1.43. The first-order valence-electron chi connectivity index (χ1n) is 6.25. The Labute approximate surface area is 106 Å². The van der Waals surface area contributed by atoms with Gasteiger partial charge in [0.2, 0.25) is 0 Å². The minimum Gasteiger partial charge on any atom is -0.481 e. The number of hydrogen-bond donors (Lipinski definition) is 2. The summed E-state index contributed by atoms with van der Waals surface area (Å²) in [5.41, 5.74) is 0. The molecular formula is C12H19NO5. The fourth-order valence-corrected chi connectivity index (χ4v) is 1.78. The zero-order valence-electron chi connectivity index (χ0n) is 10.3. The van der Waals surface area contributed by atoms with Crippen LogP contribution in [0.2, 0.25) is 0 Å². The van der Waals surface area contributed by atoms with Crippen LogP contribution in [0.5, 0.6) is 0 Å². The number of carboxylic acid groups (broad SMARTS) is 1. The van der Waals surface area contributed by atoms with Crippen LogP contribution in [0.1, 0.15) is 38.5 Å². The molecule has 1 aliphatic heterocycles. The van der Waals surface area contributed by atoms with Crippen LogP contribution in [0, 0.1) is 0 Å². The maximum absolute atomic E-state index is 11.5. The van der Waals surface area contributed by atoms with Crippen LogP contribution in [0.15, 0.2) is 0 Å². The Morgan fingerprint density at radius 3 is 2.61 bits per heavy atom. The molecule has 1 fully saturated rings. The number of aliphatic carboxylic acids is 1. The van der Waals surface area contributed by atoms with Gasteiger partial charge in [0, 0.05) is 19.4 Å². The van der Waals surface area contributed by atoms with Gasteiger partial charge in [-0.1, -0.05) is 12.8 Å². The first-order chi connectivity index (χ1) is 8.61. The highest BCUT2D eigenvalue weighted by Gasteiger charge is 2.31. The topological polar surface area (TPSA) is 92.7 Å². The summed E-state index contributed by atoms with van der Waals surface area (Å²) >= 11 is 0. The molecule has 2 N–H and O–H groups in total. The van der Waals surface area contributed by atoms with Crippen LogP contribution in [-0.4, -0.2) is 42.0 Å². The van der Waals surface area contributed by atoms with Crippen molar-refractivity contribution in [1.82, 2.24) is 5.32 Å². The van der Waals surface area contributed by atoms with E-state index < -0.39 is 12.1 Å². The normalized spacial score (nSPS) is 18.9. The van der Waals surface area contributed by atoms with Crippen molar-refractivity contribution in [3.63, 3.8) is 0 Å². The lowest BCUT2D eigenvalue weighted by molar-refractivity contribution is -0.138. The first-order valence-corrected chi connectivity index (χ1v) is 6.25. The molecular weight excluding hydrogens is 238 g/mol. The number of hydrogen-bond acceptors (Lipinski definition) is 4. The molecule has 0 radical (unpaired) electrons. The smallest absolute Gasteiger partial charge is 0.303 e. The van der Waals surface area contributed by atoms with Gasteiger partial charge in [-0.05, 0) is 12.8 Å². The van der Waals surface area contributed by atoms with E-state index in [0.29, 0.717) is 26.0 Å². The van der Waals surface area contributed by atoms with Crippen LogP contribution in [-0.2, 0) is 19.1 Å². The lowest BCUT2D eigenvalue weighted by Gasteiger charge is -2.09. The van der Waals surface area contributed by atoms with E-state index in [2.05, 4.69) is 5.32 Å². The van der Waals surface area contributed by atoms with E-state index in [1.165, 1.54) is 0 Å². The monoisotopic (exact) mass is 257 g/mol. The third-order valence-corrected chi connectivity index (χ3v) is 2.78. The molecule has 0 saturated carbocycles. The molecule has 6 nitrogen and oxygen atoms in total. The second kappa shape index (κ2) is 7.81. The molecule has 0 unspecified atom stereocenters. The van der Waals surface area contributed by atoms with Crippen molar-refractivity contribution in [1.29, 1.82) is 0 Å². The summed E-state index contributed by atoms with van der Waals surface area (Å²) in [6.45, 7) is 0.825. The average molecular weight is 257 g/mol. The highest BCUT2D eigenvalue weighted by Crippen LogP contribution is 2.08. The second-order valence-electron chi connectivity index (χ2n) is 4.32. The van der Waals surface area contributed by atoms with Gasteiger partial charge in [-0.15, -0.1) is 0 Å². The van der Waals surface area contributed by atoms with Crippen molar-refractivity contribution in [2.24, 2.45) is 0 Å². The van der Waals surface area contributed by atoms with Crippen LogP contribution in [0.4, 0.5) is 0 Å². The van der Waals surface area contributed by atoms with E-state index in [4.69, 9.17) is 9.84 Å². The van der Waals surface area contributed by atoms with Crippen molar-refractivity contribution in [2.75, 3.05) is 13.2 Å². The quantitative estimate of drug-likeness (QED) is 0.488. The van der Waals surface area contributed by atoms with Crippen LogP contribution >= 0.6 is 0 Å². The van der Waals surface area contributed by atoms with Crippen LogP contribution < -0.4 is 5.32 Å². The molecule has 1 atom stereocenters. The van der Waals surface area contributed by atoms with E-state index in [1.807, 2.05) is 0 Å². The van der Waals surface area contributed by atoms with Crippen LogP contribution in [0.3, 0.4) is 0 Å². The molecule has 1 amide bonds. The van der Waals surface area contributed by atoms with Crippen LogP contribution in [0.25, 0.3) is 0 Å². The van der Waals surface area contributed by atoms with E-state index >= 15 is 0 Å². The zero-order valence-corrected chi connectivity index (χ0v) is 10.3. The third kappa shape index (κ3) is 5.27. The van der Waals surface area contributed by atoms with E-state index in [0.717, 1.165) is 19.3 Å². The molecule has 0 bridgehead atoms. The summed E-state index contributed by atoms with van der Waals surface area (Å²) in [4.78, 5) is 33.0. The largest absolute Gasteiger partial charge is 0.481 e. The standard InChI is InChI=1S/C12H19NO5/c14-9-6-8-18-11(9)12(17)13-7-4-2-1-3-5-10(15)16/h11H,1-8H2,(H,13,17)(H,15,16)/t11-/m1/s1. The Balaban J connectivity index is 1.99. The predicted octanol–water partition coefficient (Wildman–Crippen LogP) is 0.496. The third-order valence-electron chi connectivity index (χ3n) is 2.78. The molecule has 102 valence electrons. The molecule has 1 saturated heterocycles. The summed E-state index contributed by atoms with van der Waals surface area (Å²) < 4.78 is 5.02. The SMILES string of the molecule is O=C(O)CCCCCCNC(=O)[C@@H]1OCCC1=O. The van der Waals surface area contributed by atoms with Gasteiger partial charge in [-0.3, -0.25) is 14.4 Å². The van der Waals surface area contributed by atoms with Gasteiger partial charge < -0.3 is 15.2 Å². The Morgan fingerprint density at radius 1 is 1.28 bits per heavy atom. The van der Waals surface area contributed by atoms with Gasteiger partial charge in [0.1, 0.15) is 0 Å². The molecule has 0 spiro atoms. The second-order valence-corrected chi connectivity index (χ2v) is 4.32. The molecule has 0 aliphatic carbocycles. The molecule has 1 rings (SSSR count). The fourth-order valence-electron chi connectivity index (χ4n) is 1.78. The molecule has 0 aromatic heterocycles. The number of Topliss-reactive ketones (excluding diaryl/α,β-unsaturated/α-hetero) is 1. The molecule has 18 heavy (non-hydrogen) atoms. The van der Waals surface area contributed by atoms with Crippen molar-refractivity contribution < 1.29 is 24.2 Å². The molecule has 1 heterocycles. The van der Waals surface area contributed by atoms with Gasteiger partial charge >= 0.3 is 5.97 Å². The number of carbonyl (C=O) groups excluding carboxylic acids is 2. The fraction of sp³-hybridized carbons (Fsp3) is 0.750. The summed E-state index contributed by atoms with van der Waals surface area (Å²) in [5.74, 6) is -1.29. The predicted molar refractivity (Wildman–Crippen MR) is 63.1 cm³/mol. The number of carboxylic acids is 1. The maximum Gasteiger partial charge on any atom is 0.303 e. The van der Waals surface area contributed by atoms with Gasteiger partial charge in [-0.25, -0.2) is 0 Å². The van der Waals surface area contributed by atoms with E-state index in [9.17, 15) is 14.4 Å². The number of ketones is 1. The first kappa shape index (κ1) is 14.6. The number of rotatable bonds is 8. The summed E-state index contributed by atoms with van der Waals surface area (Å²) in [6, 6.07) is 0. The van der Waals surface area contributed by atoms with Gasteiger partial charge in [0.05, 0.1) is 6.61 Å². The number of unbranched alkanes of at least 4 members (excludes halogenated alkanes) is 3. The Morgan fingerprint density at radius 2 is 2.00 bits per heavy atom. The maximum atomic E-state index is 11.5. The Kier molecular flexibility index (Phi) is 6.35. The van der Waals surface area contributed by atoms with Crippen molar-refractivity contribution in [3.8, 4) is 0 Å². The van der Waals surface area contributed by atoms with E-state index in [-0.39, 0.29) is 18.1 Å². The molecule has 0 aromatic carbocycles.